The summed E-state index contributed by atoms with van der Waals surface area (Å²) in [6, 6.07) is 0. The van der Waals surface area contributed by atoms with E-state index in [1.165, 1.54) is 154 Å². The van der Waals surface area contributed by atoms with Crippen molar-refractivity contribution in [1.29, 1.82) is 0 Å². The molecule has 0 aromatic heterocycles. The quantitative estimate of drug-likeness (QED) is 0.0234. The van der Waals surface area contributed by atoms with Crippen molar-refractivity contribution in [3.63, 3.8) is 0 Å². The number of phosphoric acid groups is 1. The second-order valence-corrected chi connectivity index (χ2v) is 17.9. The highest BCUT2D eigenvalue weighted by atomic mass is 31.2. The van der Waals surface area contributed by atoms with Crippen molar-refractivity contribution in [2.24, 2.45) is 0 Å². The van der Waals surface area contributed by atoms with Gasteiger partial charge in [0.05, 0.1) is 19.8 Å². The van der Waals surface area contributed by atoms with Gasteiger partial charge in [0.2, 0.25) is 0 Å². The molecule has 0 aliphatic heterocycles. The molecule has 0 bridgehead atoms. The number of carbonyl (C=O) groups is 2. The van der Waals surface area contributed by atoms with Crippen LogP contribution in [-0.4, -0.2) is 65.7 Å². The number of hydrogen-bond acceptors (Lipinski definition) is 9. The fourth-order valence-electron chi connectivity index (χ4n) is 6.81. The summed E-state index contributed by atoms with van der Waals surface area (Å²) in [5.41, 5.74) is 0. The molecule has 3 N–H and O–H groups in total. The van der Waals surface area contributed by atoms with E-state index in [1.807, 2.05) is 0 Å². The van der Waals surface area contributed by atoms with Crippen LogP contribution >= 0.6 is 7.82 Å². The average molecular weight is 859 g/mol. The molecule has 0 radical (unpaired) electrons. The number of aliphatic hydroxyl groups excluding tert-OH is 2. The Bertz CT molecular complexity index is 1040. The summed E-state index contributed by atoms with van der Waals surface area (Å²) in [5, 5.41) is 18.4. The predicted molar refractivity (Wildman–Crippen MR) is 242 cm³/mol. The molecular weight excluding hydrogens is 767 g/mol. The SMILES string of the molecule is CCCCCCCC/C=C/CCCCCCCCCCCCCC(=O)O[C@H](COC(=O)CCCC/C=C/CCCCCCCCCCC)COP(=O)(O)OC[C@@H](O)CO. The summed E-state index contributed by atoms with van der Waals surface area (Å²) < 4.78 is 32.8. The van der Waals surface area contributed by atoms with E-state index in [-0.39, 0.29) is 19.4 Å². The van der Waals surface area contributed by atoms with Crippen molar-refractivity contribution < 1.29 is 47.8 Å². The van der Waals surface area contributed by atoms with E-state index in [1.54, 1.807) is 0 Å². The number of rotatable bonds is 46. The fraction of sp³-hybridized carbons (Fsp3) is 0.875. The number of aliphatic hydroxyl groups is 2. The van der Waals surface area contributed by atoms with Gasteiger partial charge in [-0.25, -0.2) is 4.57 Å². The van der Waals surface area contributed by atoms with E-state index in [9.17, 15) is 24.2 Å². The summed E-state index contributed by atoms with van der Waals surface area (Å²) in [6.07, 6.45) is 45.8. The topological polar surface area (TPSA) is 149 Å². The zero-order chi connectivity index (χ0) is 43.3. The Balaban J connectivity index is 4.21. The second kappa shape index (κ2) is 44.5. The largest absolute Gasteiger partial charge is 0.472 e. The summed E-state index contributed by atoms with van der Waals surface area (Å²) in [4.78, 5) is 35.1. The molecule has 10 nitrogen and oxygen atoms in total. The lowest BCUT2D eigenvalue weighted by molar-refractivity contribution is -0.161. The van der Waals surface area contributed by atoms with Gasteiger partial charge in [-0.3, -0.25) is 18.6 Å². The molecule has 0 aromatic carbocycles. The lowest BCUT2D eigenvalue weighted by atomic mass is 10.0. The minimum atomic E-state index is -4.62. The zero-order valence-corrected chi connectivity index (χ0v) is 38.9. The van der Waals surface area contributed by atoms with Gasteiger partial charge >= 0.3 is 19.8 Å². The van der Waals surface area contributed by atoms with E-state index in [0.29, 0.717) is 12.8 Å². The standard InChI is InChI=1S/C48H91O10P/c1-3-5-7-9-11-13-15-17-19-20-21-22-23-24-26-28-30-32-34-36-38-40-48(52)58-46(44-57-59(53,54)56-42-45(50)41-49)43-55-47(51)39-37-35-33-31-29-27-25-18-16-14-12-10-8-6-4-2/h17,19,29,31,45-46,49-50H,3-16,18,20-28,30,32-44H2,1-2H3,(H,53,54)/b19-17+,31-29+/t45-,46+/m0/s1. The number of unbranched alkanes of at least 4 members (excludes halogenated alkanes) is 28. The number of carbonyl (C=O) groups excluding carboxylic acids is 2. The molecule has 0 aliphatic carbocycles. The first-order chi connectivity index (χ1) is 28.7. The fourth-order valence-corrected chi connectivity index (χ4v) is 7.60. The molecular formula is C48H91O10P. The molecule has 59 heavy (non-hydrogen) atoms. The first-order valence-corrected chi connectivity index (χ1v) is 25.8. The van der Waals surface area contributed by atoms with Gasteiger partial charge in [-0.15, -0.1) is 0 Å². The minimum Gasteiger partial charge on any atom is -0.462 e. The van der Waals surface area contributed by atoms with Crippen LogP contribution in [0.15, 0.2) is 24.3 Å². The third kappa shape index (κ3) is 44.3. The highest BCUT2D eigenvalue weighted by Crippen LogP contribution is 2.43. The Hall–Kier alpha value is -1.55. The van der Waals surface area contributed by atoms with Crippen molar-refractivity contribution in [2.45, 2.75) is 244 Å². The molecule has 1 unspecified atom stereocenters. The third-order valence-electron chi connectivity index (χ3n) is 10.6. The van der Waals surface area contributed by atoms with Crippen LogP contribution in [0.5, 0.6) is 0 Å². The maximum atomic E-state index is 12.7. The van der Waals surface area contributed by atoms with Gasteiger partial charge in [0, 0.05) is 12.8 Å². The summed E-state index contributed by atoms with van der Waals surface area (Å²) in [7, 11) is -4.62. The van der Waals surface area contributed by atoms with Crippen LogP contribution in [0.4, 0.5) is 0 Å². The number of phosphoric ester groups is 1. The summed E-state index contributed by atoms with van der Waals surface area (Å²) in [6.45, 7) is 2.39. The Kier molecular flexibility index (Phi) is 43.3. The number of ether oxygens (including phenoxy) is 2. The van der Waals surface area contributed by atoms with Gasteiger partial charge in [0.1, 0.15) is 12.7 Å². The lowest BCUT2D eigenvalue weighted by Gasteiger charge is -2.20. The van der Waals surface area contributed by atoms with E-state index in [2.05, 4.69) is 38.2 Å². The van der Waals surface area contributed by atoms with Crippen molar-refractivity contribution in [3.05, 3.63) is 24.3 Å². The van der Waals surface area contributed by atoms with Gasteiger partial charge in [-0.2, -0.15) is 0 Å². The first kappa shape index (κ1) is 57.4. The van der Waals surface area contributed by atoms with Crippen LogP contribution in [0, 0.1) is 0 Å². The molecule has 0 heterocycles. The molecule has 0 saturated carbocycles. The van der Waals surface area contributed by atoms with Gasteiger partial charge < -0.3 is 24.6 Å². The van der Waals surface area contributed by atoms with Crippen molar-refractivity contribution >= 4 is 19.8 Å². The molecule has 0 aromatic rings. The predicted octanol–water partition coefficient (Wildman–Crippen LogP) is 13.3. The lowest BCUT2D eigenvalue weighted by Crippen LogP contribution is -2.29. The second-order valence-electron chi connectivity index (χ2n) is 16.5. The molecule has 0 aliphatic rings. The minimum absolute atomic E-state index is 0.182. The first-order valence-electron chi connectivity index (χ1n) is 24.3. The summed E-state index contributed by atoms with van der Waals surface area (Å²) >= 11 is 0. The molecule has 0 spiro atoms. The Morgan fingerprint density at radius 3 is 1.25 bits per heavy atom. The number of esters is 2. The maximum absolute atomic E-state index is 12.7. The van der Waals surface area contributed by atoms with Crippen LogP contribution < -0.4 is 0 Å². The highest BCUT2D eigenvalue weighted by molar-refractivity contribution is 7.47. The van der Waals surface area contributed by atoms with Crippen LogP contribution in [0.2, 0.25) is 0 Å². The molecule has 0 saturated heterocycles. The van der Waals surface area contributed by atoms with Crippen molar-refractivity contribution in [3.8, 4) is 0 Å². The Morgan fingerprint density at radius 1 is 0.492 bits per heavy atom. The van der Waals surface area contributed by atoms with Crippen molar-refractivity contribution in [2.75, 3.05) is 26.4 Å². The van der Waals surface area contributed by atoms with Crippen LogP contribution in [-0.2, 0) is 32.7 Å². The Morgan fingerprint density at radius 2 is 0.831 bits per heavy atom. The smallest absolute Gasteiger partial charge is 0.462 e. The Labute approximate surface area is 361 Å². The van der Waals surface area contributed by atoms with Gasteiger partial charge in [0.25, 0.3) is 0 Å². The van der Waals surface area contributed by atoms with Crippen LogP contribution in [0.3, 0.4) is 0 Å². The molecule has 0 amide bonds. The maximum Gasteiger partial charge on any atom is 0.472 e. The van der Waals surface area contributed by atoms with E-state index < -0.39 is 51.8 Å². The van der Waals surface area contributed by atoms with Crippen LogP contribution in [0.25, 0.3) is 0 Å². The molecule has 0 fully saturated rings. The summed E-state index contributed by atoms with van der Waals surface area (Å²) in [5.74, 6) is -0.942. The van der Waals surface area contributed by atoms with Crippen molar-refractivity contribution in [1.82, 2.24) is 0 Å². The normalized spacial score (nSPS) is 13.9. The van der Waals surface area contributed by atoms with Gasteiger partial charge in [0.15, 0.2) is 6.10 Å². The number of allylic oxidation sites excluding steroid dienone is 4. The van der Waals surface area contributed by atoms with Crippen LogP contribution in [0.1, 0.15) is 232 Å². The molecule has 11 heteroatoms. The average Bonchev–Trinajstić information content (AvgIpc) is 3.22. The molecule has 3 atom stereocenters. The zero-order valence-electron chi connectivity index (χ0n) is 38.0. The van der Waals surface area contributed by atoms with E-state index in [0.717, 1.165) is 38.5 Å². The molecule has 0 rings (SSSR count). The molecule has 348 valence electrons. The van der Waals surface area contributed by atoms with Gasteiger partial charge in [-0.05, 0) is 64.2 Å². The highest BCUT2D eigenvalue weighted by Gasteiger charge is 2.27. The van der Waals surface area contributed by atoms with E-state index >= 15 is 0 Å². The van der Waals surface area contributed by atoms with Gasteiger partial charge in [-0.1, -0.05) is 179 Å². The monoisotopic (exact) mass is 859 g/mol. The number of hydrogen-bond donors (Lipinski definition) is 3. The van der Waals surface area contributed by atoms with E-state index in [4.69, 9.17) is 23.6 Å². The third-order valence-corrected chi connectivity index (χ3v) is 11.5.